The fourth-order valence-corrected chi connectivity index (χ4v) is 3.55. The molecule has 7 heteroatoms. The zero-order valence-corrected chi connectivity index (χ0v) is 14.7. The van der Waals surface area contributed by atoms with Crippen molar-refractivity contribution in [2.75, 3.05) is 30.1 Å². The first-order chi connectivity index (χ1) is 13.3. The van der Waals surface area contributed by atoms with E-state index in [4.69, 9.17) is 13.9 Å². The van der Waals surface area contributed by atoms with E-state index in [1.807, 2.05) is 36.4 Å². The zero-order chi connectivity index (χ0) is 18.2. The molecule has 0 bridgehead atoms. The van der Waals surface area contributed by atoms with E-state index >= 15 is 0 Å². The van der Waals surface area contributed by atoms with Crippen LogP contribution in [0.4, 0.5) is 11.7 Å². The van der Waals surface area contributed by atoms with E-state index in [1.165, 1.54) is 0 Å². The molecule has 3 heterocycles. The van der Waals surface area contributed by atoms with Gasteiger partial charge in [0.1, 0.15) is 5.52 Å². The summed E-state index contributed by atoms with van der Waals surface area (Å²) in [6, 6.07) is 13.8. The predicted molar refractivity (Wildman–Crippen MR) is 100 cm³/mol. The minimum atomic E-state index is -0.0314. The van der Waals surface area contributed by atoms with Gasteiger partial charge in [0.05, 0.1) is 0 Å². The molecule has 2 aliphatic rings. The number of fused-ring (bicyclic) bond motifs is 2. The van der Waals surface area contributed by atoms with Crippen LogP contribution in [0.25, 0.3) is 11.1 Å². The normalized spacial score (nSPS) is 16.7. The smallest absolute Gasteiger partial charge is 0.298 e. The molecule has 1 fully saturated rings. The average Bonchev–Trinajstić information content (AvgIpc) is 3.34. The van der Waals surface area contributed by atoms with Crippen molar-refractivity contribution in [2.45, 2.75) is 12.8 Å². The molecular formula is C20H19N3O4. The largest absolute Gasteiger partial charge is 0.454 e. The van der Waals surface area contributed by atoms with Crippen molar-refractivity contribution in [3.63, 3.8) is 0 Å². The third-order valence-corrected chi connectivity index (χ3v) is 5.06. The van der Waals surface area contributed by atoms with Crippen molar-refractivity contribution in [1.82, 2.24) is 4.98 Å². The van der Waals surface area contributed by atoms with Gasteiger partial charge in [-0.1, -0.05) is 12.1 Å². The highest BCUT2D eigenvalue weighted by Gasteiger charge is 2.27. The topological polar surface area (TPSA) is 76.8 Å². The van der Waals surface area contributed by atoms with Gasteiger partial charge in [0.15, 0.2) is 17.1 Å². The molecule has 1 saturated heterocycles. The zero-order valence-electron chi connectivity index (χ0n) is 14.7. The number of oxazole rings is 1. The molecular weight excluding hydrogens is 346 g/mol. The lowest BCUT2D eigenvalue weighted by Gasteiger charge is -2.30. The van der Waals surface area contributed by atoms with Gasteiger partial charge in [-0.15, -0.1) is 0 Å². The van der Waals surface area contributed by atoms with Gasteiger partial charge in [-0.05, 0) is 37.1 Å². The molecule has 1 N–H and O–H groups in total. The molecule has 0 unspecified atom stereocenters. The van der Waals surface area contributed by atoms with Crippen LogP contribution in [0.2, 0.25) is 0 Å². The van der Waals surface area contributed by atoms with Crippen LogP contribution >= 0.6 is 0 Å². The van der Waals surface area contributed by atoms with Gasteiger partial charge in [0.25, 0.3) is 6.01 Å². The number of aromatic nitrogens is 1. The summed E-state index contributed by atoms with van der Waals surface area (Å²) in [5, 5.41) is 2.99. The first-order valence-corrected chi connectivity index (χ1v) is 9.07. The molecule has 1 amide bonds. The van der Waals surface area contributed by atoms with E-state index < -0.39 is 0 Å². The Hall–Kier alpha value is -3.22. The molecule has 0 spiro atoms. The highest BCUT2D eigenvalue weighted by atomic mass is 16.7. The van der Waals surface area contributed by atoms with Crippen molar-refractivity contribution >= 4 is 28.7 Å². The van der Waals surface area contributed by atoms with Gasteiger partial charge >= 0.3 is 0 Å². The van der Waals surface area contributed by atoms with Gasteiger partial charge in [-0.2, -0.15) is 4.98 Å². The van der Waals surface area contributed by atoms with Crippen molar-refractivity contribution in [3.8, 4) is 11.5 Å². The van der Waals surface area contributed by atoms with Crippen LogP contribution in [-0.2, 0) is 4.79 Å². The minimum Gasteiger partial charge on any atom is -0.454 e. The van der Waals surface area contributed by atoms with Crippen LogP contribution in [0.1, 0.15) is 12.8 Å². The summed E-state index contributed by atoms with van der Waals surface area (Å²) in [4.78, 5) is 19.3. The lowest BCUT2D eigenvalue weighted by Crippen LogP contribution is -2.38. The summed E-state index contributed by atoms with van der Waals surface area (Å²) in [6.07, 6.45) is 1.52. The SMILES string of the molecule is O=C(Nc1ccc2c(c1)OCO2)C1CCN(c2nc3ccccc3o2)CC1. The van der Waals surface area contributed by atoms with Crippen LogP contribution in [0.3, 0.4) is 0 Å². The number of rotatable bonds is 3. The number of nitrogens with one attached hydrogen (secondary N) is 1. The number of benzene rings is 2. The van der Waals surface area contributed by atoms with Gasteiger partial charge in [-0.25, -0.2) is 0 Å². The maximum atomic E-state index is 12.6. The summed E-state index contributed by atoms with van der Waals surface area (Å²) in [7, 11) is 0. The van der Waals surface area contributed by atoms with E-state index in [9.17, 15) is 4.79 Å². The third kappa shape index (κ3) is 3.05. The predicted octanol–water partition coefficient (Wildman–Crippen LogP) is 3.41. The lowest BCUT2D eigenvalue weighted by atomic mass is 9.96. The Morgan fingerprint density at radius 3 is 2.74 bits per heavy atom. The highest BCUT2D eigenvalue weighted by Crippen LogP contribution is 2.34. The second-order valence-corrected chi connectivity index (χ2v) is 6.78. The number of para-hydroxylation sites is 2. The van der Waals surface area contributed by atoms with Crippen molar-refractivity contribution in [1.29, 1.82) is 0 Å². The Kier molecular flexibility index (Phi) is 3.85. The standard InChI is InChI=1S/C20H19N3O4/c24-19(21-14-5-6-17-18(11-14)26-12-25-17)13-7-9-23(10-8-13)20-22-15-3-1-2-4-16(15)27-20/h1-6,11,13H,7-10,12H2,(H,21,24). The van der Waals surface area contributed by atoms with Crippen LogP contribution < -0.4 is 19.7 Å². The van der Waals surface area contributed by atoms with Crippen LogP contribution in [0.15, 0.2) is 46.9 Å². The molecule has 5 rings (SSSR count). The number of ether oxygens (including phenoxy) is 2. The number of carbonyl (C=O) groups is 1. The lowest BCUT2D eigenvalue weighted by molar-refractivity contribution is -0.120. The summed E-state index contributed by atoms with van der Waals surface area (Å²) in [6.45, 7) is 1.71. The fourth-order valence-electron chi connectivity index (χ4n) is 3.55. The van der Waals surface area contributed by atoms with Crippen molar-refractivity contribution in [3.05, 3.63) is 42.5 Å². The van der Waals surface area contributed by atoms with Crippen molar-refractivity contribution in [2.24, 2.45) is 5.92 Å². The maximum absolute atomic E-state index is 12.6. The first-order valence-electron chi connectivity index (χ1n) is 9.07. The first kappa shape index (κ1) is 16.0. The summed E-state index contributed by atoms with van der Waals surface area (Å²) in [5.74, 6) is 1.38. The summed E-state index contributed by atoms with van der Waals surface area (Å²) < 4.78 is 16.5. The van der Waals surface area contributed by atoms with E-state index in [1.54, 1.807) is 6.07 Å². The van der Waals surface area contributed by atoms with E-state index in [-0.39, 0.29) is 18.6 Å². The van der Waals surface area contributed by atoms with Crippen molar-refractivity contribution < 1.29 is 18.7 Å². The second-order valence-electron chi connectivity index (χ2n) is 6.78. The van der Waals surface area contributed by atoms with E-state index in [0.29, 0.717) is 17.5 Å². The summed E-state index contributed by atoms with van der Waals surface area (Å²) >= 11 is 0. The molecule has 7 nitrogen and oxygen atoms in total. The number of amides is 1. The Morgan fingerprint density at radius 2 is 1.89 bits per heavy atom. The average molecular weight is 365 g/mol. The molecule has 0 atom stereocenters. The van der Waals surface area contributed by atoms with Gasteiger partial charge < -0.3 is 24.1 Å². The Morgan fingerprint density at radius 1 is 1.07 bits per heavy atom. The molecule has 2 aromatic carbocycles. The van der Waals surface area contributed by atoms with Gasteiger partial charge in [0, 0.05) is 30.8 Å². The monoisotopic (exact) mass is 365 g/mol. The number of anilines is 2. The Bertz CT molecular complexity index is 959. The number of carbonyl (C=O) groups excluding carboxylic acids is 1. The molecule has 27 heavy (non-hydrogen) atoms. The summed E-state index contributed by atoms with van der Waals surface area (Å²) in [5.41, 5.74) is 2.37. The van der Waals surface area contributed by atoms with E-state index in [2.05, 4.69) is 15.2 Å². The second kappa shape index (κ2) is 6.50. The fraction of sp³-hybridized carbons (Fsp3) is 0.300. The van der Waals surface area contributed by atoms with Gasteiger partial charge in [-0.3, -0.25) is 4.79 Å². The minimum absolute atomic E-state index is 0.0314. The van der Waals surface area contributed by atoms with Crippen LogP contribution in [0, 0.1) is 5.92 Å². The molecule has 0 aliphatic carbocycles. The molecule has 2 aliphatic heterocycles. The molecule has 138 valence electrons. The quantitative estimate of drug-likeness (QED) is 0.766. The molecule has 0 radical (unpaired) electrons. The van der Waals surface area contributed by atoms with Crippen LogP contribution in [-0.4, -0.2) is 30.8 Å². The maximum Gasteiger partial charge on any atom is 0.298 e. The molecule has 1 aromatic heterocycles. The highest BCUT2D eigenvalue weighted by molar-refractivity contribution is 5.93. The molecule has 0 saturated carbocycles. The third-order valence-electron chi connectivity index (χ3n) is 5.06. The Balaban J connectivity index is 1.21. The Labute approximate surface area is 155 Å². The number of piperidine rings is 1. The number of hydrogen-bond donors (Lipinski definition) is 1. The number of nitrogens with zero attached hydrogens (tertiary/aromatic N) is 2. The van der Waals surface area contributed by atoms with E-state index in [0.717, 1.165) is 42.7 Å². The van der Waals surface area contributed by atoms with Gasteiger partial charge in [0.2, 0.25) is 12.7 Å². The number of hydrogen-bond acceptors (Lipinski definition) is 6. The van der Waals surface area contributed by atoms with Crippen LogP contribution in [0.5, 0.6) is 11.5 Å². The molecule has 3 aromatic rings.